The zero-order valence-corrected chi connectivity index (χ0v) is 20.8. The summed E-state index contributed by atoms with van der Waals surface area (Å²) in [6.07, 6.45) is 2.22. The van der Waals surface area contributed by atoms with Crippen LogP contribution in [0.25, 0.3) is 10.9 Å². The van der Waals surface area contributed by atoms with Crippen LogP contribution in [0.1, 0.15) is 21.6 Å². The average Bonchev–Trinajstić information content (AvgIpc) is 3.31. The van der Waals surface area contributed by atoms with Gasteiger partial charge in [0.15, 0.2) is 6.29 Å². The Kier molecular flexibility index (Phi) is 6.74. The minimum atomic E-state index is -0.0892. The molecule has 2 aromatic heterocycles. The number of nitrogens with zero attached hydrogens (tertiary/aromatic N) is 5. The number of hydrogen-bond donors (Lipinski definition) is 3. The van der Waals surface area contributed by atoms with E-state index in [0.717, 1.165) is 11.5 Å². The van der Waals surface area contributed by atoms with E-state index >= 15 is 0 Å². The highest BCUT2D eigenvalue weighted by atomic mass is 16.2. The zero-order valence-electron chi connectivity index (χ0n) is 20.8. The average molecular weight is 507 g/mol. The van der Waals surface area contributed by atoms with E-state index in [4.69, 9.17) is 11.0 Å². The number of nitrogen functional groups attached to an aromatic ring is 1. The first kappa shape index (κ1) is 24.5. The topological polar surface area (TPSA) is 143 Å². The molecule has 190 valence electrons. The van der Waals surface area contributed by atoms with Crippen molar-refractivity contribution in [3.63, 3.8) is 0 Å². The number of nitrogens with two attached hydrogens (primary N) is 1. The van der Waals surface area contributed by atoms with Crippen molar-refractivity contribution in [2.24, 2.45) is 4.99 Å². The number of para-hydroxylation sites is 2. The largest absolute Gasteiger partial charge is 0.396 e. The van der Waals surface area contributed by atoms with E-state index in [2.05, 4.69) is 31.2 Å². The second-order valence-electron chi connectivity index (χ2n) is 8.85. The number of carbonyl (C=O) groups is 2. The number of anilines is 3. The lowest BCUT2D eigenvalue weighted by atomic mass is 10.1. The number of benzene rings is 2. The van der Waals surface area contributed by atoms with E-state index in [0.29, 0.717) is 71.6 Å². The van der Waals surface area contributed by atoms with Gasteiger partial charge in [-0.15, -0.1) is 0 Å². The number of hydrogen-bond acceptors (Lipinski definition) is 8. The maximum atomic E-state index is 13.3. The molecule has 1 saturated heterocycles. The molecule has 3 heterocycles. The molecule has 10 nitrogen and oxygen atoms in total. The van der Waals surface area contributed by atoms with Crippen molar-refractivity contribution in [2.75, 3.05) is 49.2 Å². The molecule has 1 aliphatic heterocycles. The number of aldehydes is 1. The van der Waals surface area contributed by atoms with E-state index in [1.54, 1.807) is 42.4 Å². The number of amides is 1. The summed E-state index contributed by atoms with van der Waals surface area (Å²) in [5.41, 5.74) is 10.5. The Bertz CT molecular complexity index is 1570. The SMILES string of the molecule is CNc1ccccc1N=C(C=O)c1[nH]c2ccc(C(=O)N3CCN(c4ccc(C#N)cn4)CC3)cc2c1N. The highest BCUT2D eigenvalue weighted by molar-refractivity contribution is 6.39. The third-order valence-electron chi connectivity index (χ3n) is 6.64. The van der Waals surface area contributed by atoms with Gasteiger partial charge in [-0.25, -0.2) is 9.98 Å². The minimum Gasteiger partial charge on any atom is -0.396 e. The molecule has 0 unspecified atom stereocenters. The third kappa shape index (κ3) is 4.65. The molecule has 38 heavy (non-hydrogen) atoms. The van der Waals surface area contributed by atoms with Crippen LogP contribution in [0.4, 0.5) is 22.9 Å². The molecule has 0 spiro atoms. The number of aromatic amines is 1. The van der Waals surface area contributed by atoms with Gasteiger partial charge in [0.2, 0.25) is 0 Å². The van der Waals surface area contributed by atoms with Gasteiger partial charge in [0.1, 0.15) is 17.6 Å². The van der Waals surface area contributed by atoms with Crippen LogP contribution in [0.3, 0.4) is 0 Å². The second-order valence-corrected chi connectivity index (χ2v) is 8.85. The number of rotatable bonds is 6. The lowest BCUT2D eigenvalue weighted by Gasteiger charge is -2.35. The van der Waals surface area contributed by atoms with E-state index in [-0.39, 0.29) is 11.6 Å². The van der Waals surface area contributed by atoms with Gasteiger partial charge in [-0.05, 0) is 42.5 Å². The number of H-pyrrole nitrogens is 1. The van der Waals surface area contributed by atoms with Gasteiger partial charge in [-0.1, -0.05) is 12.1 Å². The van der Waals surface area contributed by atoms with E-state index in [9.17, 15) is 9.59 Å². The number of nitrogens with one attached hydrogen (secondary N) is 2. The van der Waals surface area contributed by atoms with Crippen molar-refractivity contribution in [1.82, 2.24) is 14.9 Å². The van der Waals surface area contributed by atoms with Gasteiger partial charge in [-0.2, -0.15) is 5.26 Å². The van der Waals surface area contributed by atoms with Crippen LogP contribution >= 0.6 is 0 Å². The molecule has 0 bridgehead atoms. The molecule has 4 N–H and O–H groups in total. The molecule has 10 heteroatoms. The predicted molar refractivity (Wildman–Crippen MR) is 148 cm³/mol. The molecule has 5 rings (SSSR count). The van der Waals surface area contributed by atoms with Gasteiger partial charge in [-0.3, -0.25) is 9.59 Å². The molecule has 1 aliphatic rings. The fourth-order valence-electron chi connectivity index (χ4n) is 4.56. The summed E-state index contributed by atoms with van der Waals surface area (Å²) in [6, 6.07) is 18.3. The number of pyridine rings is 1. The molecule has 2 aromatic carbocycles. The van der Waals surface area contributed by atoms with Crippen molar-refractivity contribution in [3.8, 4) is 6.07 Å². The van der Waals surface area contributed by atoms with Crippen molar-refractivity contribution in [2.45, 2.75) is 0 Å². The predicted octanol–water partition coefficient (Wildman–Crippen LogP) is 3.34. The zero-order chi connectivity index (χ0) is 26.6. The summed E-state index contributed by atoms with van der Waals surface area (Å²) in [5, 5.41) is 12.7. The molecule has 4 aromatic rings. The van der Waals surface area contributed by atoms with Crippen LogP contribution in [-0.2, 0) is 4.79 Å². The van der Waals surface area contributed by atoms with Gasteiger partial charge >= 0.3 is 0 Å². The van der Waals surface area contributed by atoms with Crippen molar-refractivity contribution in [1.29, 1.82) is 5.26 Å². The Morgan fingerprint density at radius 3 is 2.63 bits per heavy atom. The van der Waals surface area contributed by atoms with Crippen LogP contribution in [0.15, 0.2) is 65.8 Å². The van der Waals surface area contributed by atoms with Crippen LogP contribution in [-0.4, -0.2) is 66.0 Å². The van der Waals surface area contributed by atoms with E-state index in [1.807, 2.05) is 30.3 Å². The van der Waals surface area contributed by atoms with Crippen molar-refractivity contribution < 1.29 is 9.59 Å². The second kappa shape index (κ2) is 10.4. The molecule has 0 radical (unpaired) electrons. The van der Waals surface area contributed by atoms with Gasteiger partial charge < -0.3 is 25.8 Å². The number of fused-ring (bicyclic) bond motifs is 1. The van der Waals surface area contributed by atoms with Gasteiger partial charge in [0.05, 0.1) is 28.3 Å². The van der Waals surface area contributed by atoms with E-state index in [1.165, 1.54) is 0 Å². The quantitative estimate of drug-likeness (QED) is 0.269. The maximum absolute atomic E-state index is 13.3. The fourth-order valence-corrected chi connectivity index (χ4v) is 4.56. The van der Waals surface area contributed by atoms with Crippen molar-refractivity contribution in [3.05, 3.63) is 77.6 Å². The number of aliphatic imine (C=N–C) groups is 1. The lowest BCUT2D eigenvalue weighted by Crippen LogP contribution is -2.49. The van der Waals surface area contributed by atoms with E-state index < -0.39 is 0 Å². The first-order valence-electron chi connectivity index (χ1n) is 12.1. The minimum absolute atomic E-state index is 0.0892. The first-order chi connectivity index (χ1) is 18.5. The Morgan fingerprint density at radius 1 is 1.16 bits per heavy atom. The van der Waals surface area contributed by atoms with Crippen LogP contribution in [0.5, 0.6) is 0 Å². The Hall–Kier alpha value is -5.17. The van der Waals surface area contributed by atoms with Gasteiger partial charge in [0.25, 0.3) is 5.91 Å². The molecule has 0 atom stereocenters. The highest BCUT2D eigenvalue weighted by Crippen LogP contribution is 2.30. The summed E-state index contributed by atoms with van der Waals surface area (Å²) >= 11 is 0. The van der Waals surface area contributed by atoms with Crippen LogP contribution in [0.2, 0.25) is 0 Å². The summed E-state index contributed by atoms with van der Waals surface area (Å²) in [4.78, 5) is 41.2. The number of piperazine rings is 1. The Balaban J connectivity index is 1.36. The Morgan fingerprint density at radius 2 is 1.95 bits per heavy atom. The number of nitriles is 1. The molecule has 0 saturated carbocycles. The normalized spacial score (nSPS) is 13.8. The molecular formula is C28H26N8O2. The molecule has 1 fully saturated rings. The maximum Gasteiger partial charge on any atom is 0.253 e. The monoisotopic (exact) mass is 506 g/mol. The standard InChI is InChI=1S/C28H26N8O2/c1-31-22-4-2-3-5-23(22)33-24(17-37)27-26(30)20-14-19(7-8-21(20)34-27)28(38)36-12-10-35(11-13-36)25-9-6-18(15-29)16-32-25/h2-9,14,16-17,31,34H,10-13,30H2,1H3. The Labute approximate surface area is 219 Å². The van der Waals surface area contributed by atoms with Gasteiger partial charge in [0, 0.05) is 55.9 Å². The van der Waals surface area contributed by atoms with Crippen molar-refractivity contribution >= 4 is 51.7 Å². The first-order valence-corrected chi connectivity index (χ1v) is 12.1. The highest BCUT2D eigenvalue weighted by Gasteiger charge is 2.24. The summed E-state index contributed by atoms with van der Waals surface area (Å²) < 4.78 is 0. The summed E-state index contributed by atoms with van der Waals surface area (Å²) in [6.45, 7) is 2.35. The smallest absolute Gasteiger partial charge is 0.253 e. The number of carbonyl (C=O) groups excluding carboxylic acids is 2. The number of aromatic nitrogens is 2. The molecular weight excluding hydrogens is 480 g/mol. The third-order valence-corrected chi connectivity index (χ3v) is 6.64. The summed E-state index contributed by atoms with van der Waals surface area (Å²) in [5.74, 6) is 0.698. The molecule has 1 amide bonds. The van der Waals surface area contributed by atoms with Crippen LogP contribution < -0.4 is 16.0 Å². The molecule has 0 aliphatic carbocycles. The fraction of sp³-hybridized carbons (Fsp3) is 0.179. The summed E-state index contributed by atoms with van der Waals surface area (Å²) in [7, 11) is 1.79. The van der Waals surface area contributed by atoms with Crippen LogP contribution in [0, 0.1) is 11.3 Å². The lowest BCUT2D eigenvalue weighted by molar-refractivity contribution is -0.102.